The van der Waals surface area contributed by atoms with Crippen LogP contribution >= 0.6 is 0 Å². The lowest BCUT2D eigenvalue weighted by Crippen LogP contribution is -2.60. The Morgan fingerprint density at radius 1 is 1.30 bits per heavy atom. The lowest BCUT2D eigenvalue weighted by atomic mass is 9.80. The van der Waals surface area contributed by atoms with E-state index in [9.17, 15) is 0 Å². The summed E-state index contributed by atoms with van der Waals surface area (Å²) in [7, 11) is 2.08. The van der Waals surface area contributed by atoms with Gasteiger partial charge in [-0.1, -0.05) is 26.2 Å². The number of piperazine rings is 1. The average Bonchev–Trinajstić information content (AvgIpc) is 2.80. The van der Waals surface area contributed by atoms with Crippen molar-refractivity contribution >= 4 is 0 Å². The SMILES string of the molecule is CCc1cc(CN2CCNC3(CCCCC3)C2)n(C)n1. The first-order valence-corrected chi connectivity index (χ1v) is 8.20. The minimum absolute atomic E-state index is 0.405. The zero-order valence-electron chi connectivity index (χ0n) is 13.0. The Kier molecular flexibility index (Phi) is 4.13. The predicted molar refractivity (Wildman–Crippen MR) is 81.7 cm³/mol. The largest absolute Gasteiger partial charge is 0.309 e. The van der Waals surface area contributed by atoms with Gasteiger partial charge in [-0.15, -0.1) is 0 Å². The van der Waals surface area contributed by atoms with Crippen molar-refractivity contribution in [2.24, 2.45) is 7.05 Å². The molecule has 1 aromatic rings. The highest BCUT2D eigenvalue weighted by molar-refractivity contribution is 5.11. The number of nitrogens with zero attached hydrogens (tertiary/aromatic N) is 3. The Hall–Kier alpha value is -0.870. The van der Waals surface area contributed by atoms with Crippen LogP contribution in [0.1, 0.15) is 50.4 Å². The summed E-state index contributed by atoms with van der Waals surface area (Å²) in [4.78, 5) is 2.62. The van der Waals surface area contributed by atoms with E-state index in [4.69, 9.17) is 0 Å². The molecule has 2 heterocycles. The molecule has 1 spiro atoms. The molecule has 1 saturated carbocycles. The van der Waals surface area contributed by atoms with Crippen LogP contribution in [0.25, 0.3) is 0 Å². The molecule has 0 amide bonds. The van der Waals surface area contributed by atoms with Crippen LogP contribution in [0.15, 0.2) is 6.07 Å². The van der Waals surface area contributed by atoms with E-state index in [2.05, 4.69) is 40.0 Å². The first kappa shape index (κ1) is 14.1. The topological polar surface area (TPSA) is 33.1 Å². The van der Waals surface area contributed by atoms with Crippen LogP contribution < -0.4 is 5.32 Å². The van der Waals surface area contributed by atoms with Gasteiger partial charge < -0.3 is 5.32 Å². The standard InChI is InChI=1S/C16H28N4/c1-3-14-11-15(19(2)18-14)12-20-10-9-17-16(13-20)7-5-4-6-8-16/h11,17H,3-10,12-13H2,1-2H3. The zero-order chi connectivity index (χ0) is 14.0. The van der Waals surface area contributed by atoms with E-state index < -0.39 is 0 Å². The van der Waals surface area contributed by atoms with Crippen LogP contribution in [0.5, 0.6) is 0 Å². The second-order valence-corrected chi connectivity index (χ2v) is 6.58. The fraction of sp³-hybridized carbons (Fsp3) is 0.812. The fourth-order valence-corrected chi connectivity index (χ4v) is 3.86. The van der Waals surface area contributed by atoms with Crippen molar-refractivity contribution in [3.63, 3.8) is 0 Å². The molecular weight excluding hydrogens is 248 g/mol. The molecule has 3 rings (SSSR count). The Labute approximate surface area is 122 Å². The van der Waals surface area contributed by atoms with E-state index in [1.54, 1.807) is 0 Å². The van der Waals surface area contributed by atoms with Gasteiger partial charge in [-0.05, 0) is 25.3 Å². The Morgan fingerprint density at radius 3 is 2.80 bits per heavy atom. The average molecular weight is 276 g/mol. The summed E-state index contributed by atoms with van der Waals surface area (Å²) in [6.07, 6.45) is 7.95. The van der Waals surface area contributed by atoms with Crippen LogP contribution in [-0.2, 0) is 20.0 Å². The number of rotatable bonds is 3. The Balaban J connectivity index is 1.66. The molecule has 0 unspecified atom stereocenters. The van der Waals surface area contributed by atoms with Gasteiger partial charge in [0.05, 0.1) is 11.4 Å². The maximum atomic E-state index is 4.57. The third kappa shape index (κ3) is 2.91. The van der Waals surface area contributed by atoms with Crippen LogP contribution in [0.4, 0.5) is 0 Å². The van der Waals surface area contributed by atoms with Gasteiger partial charge in [-0.3, -0.25) is 9.58 Å². The van der Waals surface area contributed by atoms with Crippen molar-refractivity contribution in [1.82, 2.24) is 20.0 Å². The Morgan fingerprint density at radius 2 is 2.10 bits per heavy atom. The summed E-state index contributed by atoms with van der Waals surface area (Å²) in [6, 6.07) is 2.27. The molecule has 4 nitrogen and oxygen atoms in total. The lowest BCUT2D eigenvalue weighted by molar-refractivity contribution is 0.0928. The number of aromatic nitrogens is 2. The van der Waals surface area contributed by atoms with Gasteiger partial charge in [0.25, 0.3) is 0 Å². The van der Waals surface area contributed by atoms with Crippen molar-refractivity contribution in [3.8, 4) is 0 Å². The van der Waals surface area contributed by atoms with Gasteiger partial charge in [0.15, 0.2) is 0 Å². The van der Waals surface area contributed by atoms with Gasteiger partial charge in [0.1, 0.15) is 0 Å². The molecule has 0 radical (unpaired) electrons. The molecule has 1 aliphatic carbocycles. The molecule has 4 heteroatoms. The van der Waals surface area contributed by atoms with E-state index in [-0.39, 0.29) is 0 Å². The molecular formula is C16H28N4. The highest BCUT2D eigenvalue weighted by Gasteiger charge is 2.36. The van der Waals surface area contributed by atoms with E-state index in [0.717, 1.165) is 26.1 Å². The summed E-state index contributed by atoms with van der Waals surface area (Å²) in [5, 5.41) is 8.39. The number of hydrogen-bond acceptors (Lipinski definition) is 3. The van der Waals surface area contributed by atoms with Crippen molar-refractivity contribution in [1.29, 1.82) is 0 Å². The van der Waals surface area contributed by atoms with Crippen LogP contribution in [-0.4, -0.2) is 39.9 Å². The van der Waals surface area contributed by atoms with Crippen molar-refractivity contribution in [2.45, 2.75) is 57.5 Å². The van der Waals surface area contributed by atoms with Gasteiger partial charge in [0, 0.05) is 38.8 Å². The molecule has 1 aromatic heterocycles. The third-order valence-corrected chi connectivity index (χ3v) is 5.04. The van der Waals surface area contributed by atoms with Crippen molar-refractivity contribution in [2.75, 3.05) is 19.6 Å². The molecule has 2 aliphatic rings. The quantitative estimate of drug-likeness (QED) is 0.917. The Bertz CT molecular complexity index is 440. The molecule has 0 atom stereocenters. The van der Waals surface area contributed by atoms with Gasteiger partial charge in [-0.25, -0.2) is 0 Å². The second-order valence-electron chi connectivity index (χ2n) is 6.58. The molecule has 1 N–H and O–H groups in total. The van der Waals surface area contributed by atoms with E-state index in [1.165, 1.54) is 50.0 Å². The summed E-state index contributed by atoms with van der Waals surface area (Å²) in [5.74, 6) is 0. The van der Waals surface area contributed by atoms with Gasteiger partial charge in [0.2, 0.25) is 0 Å². The fourth-order valence-electron chi connectivity index (χ4n) is 3.86. The zero-order valence-corrected chi connectivity index (χ0v) is 13.0. The lowest BCUT2D eigenvalue weighted by Gasteiger charge is -2.46. The number of aryl methyl sites for hydroxylation is 2. The van der Waals surface area contributed by atoms with E-state index in [1.807, 2.05) is 0 Å². The number of hydrogen-bond donors (Lipinski definition) is 1. The first-order chi connectivity index (χ1) is 9.71. The summed E-state index contributed by atoms with van der Waals surface area (Å²) in [6.45, 7) is 6.73. The highest BCUT2D eigenvalue weighted by atomic mass is 15.3. The summed E-state index contributed by atoms with van der Waals surface area (Å²) >= 11 is 0. The predicted octanol–water partition coefficient (Wildman–Crippen LogP) is 2.09. The molecule has 1 saturated heterocycles. The minimum Gasteiger partial charge on any atom is -0.309 e. The third-order valence-electron chi connectivity index (χ3n) is 5.04. The number of nitrogens with one attached hydrogen (secondary N) is 1. The maximum absolute atomic E-state index is 4.57. The molecule has 20 heavy (non-hydrogen) atoms. The summed E-state index contributed by atoms with van der Waals surface area (Å²) < 4.78 is 2.06. The van der Waals surface area contributed by atoms with Crippen molar-refractivity contribution in [3.05, 3.63) is 17.5 Å². The second kappa shape index (κ2) is 5.86. The normalized spacial score (nSPS) is 23.3. The van der Waals surface area contributed by atoms with Gasteiger partial charge in [-0.2, -0.15) is 5.10 Å². The summed E-state index contributed by atoms with van der Waals surface area (Å²) in [5.41, 5.74) is 2.97. The molecule has 2 fully saturated rings. The molecule has 112 valence electrons. The van der Waals surface area contributed by atoms with Crippen LogP contribution in [0, 0.1) is 0 Å². The smallest absolute Gasteiger partial charge is 0.0625 e. The van der Waals surface area contributed by atoms with Gasteiger partial charge >= 0.3 is 0 Å². The van der Waals surface area contributed by atoms with E-state index >= 15 is 0 Å². The molecule has 0 aromatic carbocycles. The van der Waals surface area contributed by atoms with E-state index in [0.29, 0.717) is 5.54 Å². The minimum atomic E-state index is 0.405. The maximum Gasteiger partial charge on any atom is 0.0625 e. The van der Waals surface area contributed by atoms with Crippen LogP contribution in [0.3, 0.4) is 0 Å². The van der Waals surface area contributed by atoms with Crippen LogP contribution in [0.2, 0.25) is 0 Å². The molecule has 1 aliphatic heterocycles. The van der Waals surface area contributed by atoms with Crippen molar-refractivity contribution < 1.29 is 0 Å². The highest BCUT2D eigenvalue weighted by Crippen LogP contribution is 2.31. The molecule has 0 bridgehead atoms. The monoisotopic (exact) mass is 276 g/mol. The first-order valence-electron chi connectivity index (χ1n) is 8.20.